The average Bonchev–Trinajstić information content (AvgIpc) is 2.61. The standard InChI is InChI=1S/C17H20N6O3/c1-25-13-7-6-12(9-14(13)26-2)21-15(24)10-4-3-5-11(8-10)22-17(20)23-16(18)19/h3-9H,1-2H3,(H,21,24)(H6,18,19,20,22,23). The summed E-state index contributed by atoms with van der Waals surface area (Å²) in [7, 11) is 3.06. The lowest BCUT2D eigenvalue weighted by Crippen LogP contribution is -2.26. The van der Waals surface area contributed by atoms with Crippen LogP contribution in [0.15, 0.2) is 52.4 Å². The normalized spacial score (nSPS) is 10.8. The highest BCUT2D eigenvalue weighted by Crippen LogP contribution is 2.30. The van der Waals surface area contributed by atoms with Gasteiger partial charge >= 0.3 is 0 Å². The van der Waals surface area contributed by atoms with Crippen molar-refractivity contribution >= 4 is 29.2 Å². The molecule has 0 aliphatic carbocycles. The SMILES string of the molecule is COc1ccc(NC(=O)c2cccc(N=C(N)N=C(N)N)c2)cc1OC. The molecule has 0 radical (unpaired) electrons. The number of nitrogens with zero attached hydrogens (tertiary/aromatic N) is 2. The lowest BCUT2D eigenvalue weighted by atomic mass is 10.2. The smallest absolute Gasteiger partial charge is 0.255 e. The molecule has 0 spiro atoms. The highest BCUT2D eigenvalue weighted by molar-refractivity contribution is 6.05. The van der Waals surface area contributed by atoms with E-state index in [-0.39, 0.29) is 17.8 Å². The number of benzene rings is 2. The first-order valence-electron chi connectivity index (χ1n) is 7.50. The van der Waals surface area contributed by atoms with Gasteiger partial charge in [0, 0.05) is 17.3 Å². The van der Waals surface area contributed by atoms with Gasteiger partial charge in [0.25, 0.3) is 5.91 Å². The van der Waals surface area contributed by atoms with Gasteiger partial charge in [-0.05, 0) is 30.3 Å². The van der Waals surface area contributed by atoms with Crippen molar-refractivity contribution in [2.24, 2.45) is 27.2 Å². The number of rotatable bonds is 5. The minimum absolute atomic E-state index is 0.109. The topological polar surface area (TPSA) is 150 Å². The number of hydrogen-bond donors (Lipinski definition) is 4. The quantitative estimate of drug-likeness (QED) is 0.466. The molecule has 9 nitrogen and oxygen atoms in total. The van der Waals surface area contributed by atoms with Gasteiger partial charge in [-0.3, -0.25) is 4.79 Å². The van der Waals surface area contributed by atoms with Gasteiger partial charge in [0.1, 0.15) is 0 Å². The van der Waals surface area contributed by atoms with E-state index in [4.69, 9.17) is 26.7 Å². The zero-order valence-corrected chi connectivity index (χ0v) is 14.4. The first-order chi connectivity index (χ1) is 12.4. The molecule has 2 aromatic rings. The zero-order chi connectivity index (χ0) is 19.1. The molecule has 2 rings (SSSR count). The Labute approximate surface area is 150 Å². The molecule has 7 N–H and O–H groups in total. The summed E-state index contributed by atoms with van der Waals surface area (Å²) in [6.45, 7) is 0. The van der Waals surface area contributed by atoms with Crippen LogP contribution in [-0.2, 0) is 0 Å². The molecule has 0 aliphatic heterocycles. The summed E-state index contributed by atoms with van der Waals surface area (Å²) in [4.78, 5) is 20.1. The maximum atomic E-state index is 12.5. The monoisotopic (exact) mass is 356 g/mol. The van der Waals surface area contributed by atoms with Crippen LogP contribution >= 0.6 is 0 Å². The Kier molecular flexibility index (Phi) is 5.99. The zero-order valence-electron chi connectivity index (χ0n) is 14.4. The number of amides is 1. The van der Waals surface area contributed by atoms with Crippen LogP contribution in [0.5, 0.6) is 11.5 Å². The molecule has 136 valence electrons. The number of nitrogens with one attached hydrogen (secondary N) is 1. The lowest BCUT2D eigenvalue weighted by Gasteiger charge is -2.10. The summed E-state index contributed by atoms with van der Waals surface area (Å²) >= 11 is 0. The third kappa shape index (κ3) is 4.87. The Morgan fingerprint density at radius 2 is 1.73 bits per heavy atom. The lowest BCUT2D eigenvalue weighted by molar-refractivity contribution is 0.102. The van der Waals surface area contributed by atoms with Crippen LogP contribution in [0.4, 0.5) is 11.4 Å². The first kappa shape index (κ1) is 18.6. The average molecular weight is 356 g/mol. The number of methoxy groups -OCH3 is 2. The van der Waals surface area contributed by atoms with E-state index in [1.807, 2.05) is 0 Å². The highest BCUT2D eigenvalue weighted by Gasteiger charge is 2.10. The third-order valence-electron chi connectivity index (χ3n) is 3.24. The maximum absolute atomic E-state index is 12.5. The number of carbonyl (C=O) groups is 1. The minimum Gasteiger partial charge on any atom is -0.493 e. The molecular formula is C17H20N6O3. The van der Waals surface area contributed by atoms with E-state index in [0.717, 1.165) is 0 Å². The van der Waals surface area contributed by atoms with Gasteiger partial charge in [-0.2, -0.15) is 4.99 Å². The second kappa shape index (κ2) is 8.38. The molecule has 26 heavy (non-hydrogen) atoms. The van der Waals surface area contributed by atoms with Gasteiger partial charge in [-0.1, -0.05) is 6.07 Å². The summed E-state index contributed by atoms with van der Waals surface area (Å²) in [5.41, 5.74) is 17.5. The Morgan fingerprint density at radius 1 is 1.00 bits per heavy atom. The van der Waals surface area contributed by atoms with E-state index < -0.39 is 0 Å². The molecule has 1 amide bonds. The fraction of sp³-hybridized carbons (Fsp3) is 0.118. The molecule has 0 bridgehead atoms. The Bertz CT molecular complexity index is 859. The van der Waals surface area contributed by atoms with Crippen LogP contribution in [0.2, 0.25) is 0 Å². The van der Waals surface area contributed by atoms with Crippen molar-refractivity contribution < 1.29 is 14.3 Å². The van der Waals surface area contributed by atoms with E-state index in [1.165, 1.54) is 14.2 Å². The Morgan fingerprint density at radius 3 is 2.38 bits per heavy atom. The summed E-state index contributed by atoms with van der Waals surface area (Å²) < 4.78 is 10.4. The number of anilines is 1. The molecule has 0 heterocycles. The Balaban J connectivity index is 2.20. The first-order valence-corrected chi connectivity index (χ1v) is 7.50. The maximum Gasteiger partial charge on any atom is 0.255 e. The van der Waals surface area contributed by atoms with Crippen molar-refractivity contribution in [2.75, 3.05) is 19.5 Å². The second-order valence-corrected chi connectivity index (χ2v) is 5.08. The van der Waals surface area contributed by atoms with E-state index >= 15 is 0 Å². The van der Waals surface area contributed by atoms with Crippen molar-refractivity contribution in [3.63, 3.8) is 0 Å². The van der Waals surface area contributed by atoms with E-state index in [2.05, 4.69) is 15.3 Å². The van der Waals surface area contributed by atoms with Gasteiger partial charge < -0.3 is 32.0 Å². The fourth-order valence-corrected chi connectivity index (χ4v) is 2.12. The summed E-state index contributed by atoms with van der Waals surface area (Å²) in [5.74, 6) is 0.441. The van der Waals surface area contributed by atoms with E-state index in [0.29, 0.717) is 28.4 Å². The predicted octanol–water partition coefficient (Wildman–Crippen LogP) is 1.18. The van der Waals surface area contributed by atoms with Gasteiger partial charge in [0.2, 0.25) is 5.96 Å². The van der Waals surface area contributed by atoms with Crippen LogP contribution in [0.1, 0.15) is 10.4 Å². The molecule has 0 aromatic heterocycles. The molecule has 0 fully saturated rings. The van der Waals surface area contributed by atoms with Crippen LogP contribution in [0.3, 0.4) is 0 Å². The predicted molar refractivity (Wildman–Crippen MR) is 101 cm³/mol. The van der Waals surface area contributed by atoms with E-state index in [9.17, 15) is 4.79 Å². The molecule has 9 heteroatoms. The van der Waals surface area contributed by atoms with Crippen LogP contribution in [0, 0.1) is 0 Å². The molecule has 0 saturated carbocycles. The third-order valence-corrected chi connectivity index (χ3v) is 3.24. The van der Waals surface area contributed by atoms with Crippen molar-refractivity contribution in [3.05, 3.63) is 48.0 Å². The minimum atomic E-state index is -0.324. The number of hydrogen-bond acceptors (Lipinski definition) is 4. The van der Waals surface area contributed by atoms with Crippen molar-refractivity contribution in [1.29, 1.82) is 0 Å². The molecule has 0 unspecified atom stereocenters. The summed E-state index contributed by atoms with van der Waals surface area (Å²) in [6, 6.07) is 11.6. The number of carbonyl (C=O) groups excluding carboxylic acids is 1. The largest absolute Gasteiger partial charge is 0.493 e. The van der Waals surface area contributed by atoms with E-state index in [1.54, 1.807) is 42.5 Å². The van der Waals surface area contributed by atoms with Gasteiger partial charge in [-0.15, -0.1) is 0 Å². The fourth-order valence-electron chi connectivity index (χ4n) is 2.12. The van der Waals surface area contributed by atoms with Gasteiger partial charge in [-0.25, -0.2) is 4.99 Å². The molecule has 0 atom stereocenters. The Hall–Kier alpha value is -3.75. The van der Waals surface area contributed by atoms with Gasteiger partial charge in [0.05, 0.1) is 19.9 Å². The number of guanidine groups is 2. The van der Waals surface area contributed by atoms with Gasteiger partial charge in [0.15, 0.2) is 17.5 Å². The summed E-state index contributed by atoms with van der Waals surface area (Å²) in [6.07, 6.45) is 0. The molecule has 2 aromatic carbocycles. The number of aliphatic imine (C=N–C) groups is 2. The summed E-state index contributed by atoms with van der Waals surface area (Å²) in [5, 5.41) is 2.78. The van der Waals surface area contributed by atoms with Crippen LogP contribution in [-0.4, -0.2) is 32.0 Å². The number of nitrogens with two attached hydrogens (primary N) is 3. The molecule has 0 aliphatic rings. The van der Waals surface area contributed by atoms with Crippen molar-refractivity contribution in [3.8, 4) is 11.5 Å². The van der Waals surface area contributed by atoms with Crippen LogP contribution < -0.4 is 32.0 Å². The van der Waals surface area contributed by atoms with Crippen molar-refractivity contribution in [2.45, 2.75) is 0 Å². The second-order valence-electron chi connectivity index (χ2n) is 5.08. The van der Waals surface area contributed by atoms with Crippen LogP contribution in [0.25, 0.3) is 0 Å². The van der Waals surface area contributed by atoms with Crippen molar-refractivity contribution in [1.82, 2.24) is 0 Å². The number of ether oxygens (including phenoxy) is 2. The molecule has 0 saturated heterocycles. The molecular weight excluding hydrogens is 336 g/mol. The highest BCUT2D eigenvalue weighted by atomic mass is 16.5.